The lowest BCUT2D eigenvalue weighted by molar-refractivity contribution is -0.142. The third kappa shape index (κ3) is 2.67. The number of rotatable bonds is 1. The van der Waals surface area contributed by atoms with Crippen LogP contribution >= 0.6 is 0 Å². The number of hydrogen-bond acceptors (Lipinski definition) is 3. The summed E-state index contributed by atoms with van der Waals surface area (Å²) in [6, 6.07) is 5.42. The molecule has 0 N–H and O–H groups in total. The first-order valence-corrected chi connectivity index (χ1v) is 5.62. The van der Waals surface area contributed by atoms with Gasteiger partial charge in [0.25, 0.3) is 0 Å². The molecule has 0 amide bonds. The molecule has 0 unspecified atom stereocenters. The fourth-order valence-corrected chi connectivity index (χ4v) is 1.41. The second-order valence-electron chi connectivity index (χ2n) is 5.05. The second-order valence-corrected chi connectivity index (χ2v) is 5.05. The van der Waals surface area contributed by atoms with Crippen molar-refractivity contribution in [3.8, 4) is 11.5 Å². The number of fused-ring (bicyclic) bond motifs is 1. The lowest BCUT2D eigenvalue weighted by atomic mass is 9.97. The van der Waals surface area contributed by atoms with Gasteiger partial charge in [-0.05, 0) is 39.0 Å². The molecule has 1 heterocycles. The van der Waals surface area contributed by atoms with Crippen LogP contribution in [-0.2, 0) is 4.79 Å². The maximum Gasteiger partial charge on any atom is 0.316 e. The molecule has 1 aromatic rings. The molecule has 0 atom stereocenters. The highest BCUT2D eigenvalue weighted by molar-refractivity contribution is 5.78. The molecule has 1 aliphatic heterocycles. The van der Waals surface area contributed by atoms with Crippen LogP contribution in [0.25, 0.3) is 6.08 Å². The van der Waals surface area contributed by atoms with Gasteiger partial charge in [0.15, 0.2) is 0 Å². The molecule has 0 aliphatic carbocycles. The Morgan fingerprint density at radius 3 is 2.82 bits per heavy atom. The summed E-state index contributed by atoms with van der Waals surface area (Å²) in [7, 11) is 0. The van der Waals surface area contributed by atoms with Crippen LogP contribution in [0.1, 0.15) is 26.3 Å². The molecule has 3 heteroatoms. The maximum absolute atomic E-state index is 11.7. The van der Waals surface area contributed by atoms with Crippen LogP contribution < -0.4 is 9.47 Å². The van der Waals surface area contributed by atoms with Crippen molar-refractivity contribution in [2.75, 3.05) is 6.61 Å². The van der Waals surface area contributed by atoms with E-state index in [0.29, 0.717) is 12.4 Å². The Kier molecular flexibility index (Phi) is 2.92. The van der Waals surface area contributed by atoms with Gasteiger partial charge in [0.2, 0.25) is 0 Å². The molecule has 2 rings (SSSR count). The molecule has 0 bridgehead atoms. The summed E-state index contributed by atoms with van der Waals surface area (Å²) in [5.41, 5.74) is 0.503. The smallest absolute Gasteiger partial charge is 0.316 e. The number of ether oxygens (including phenoxy) is 2. The summed E-state index contributed by atoms with van der Waals surface area (Å²) in [5.74, 6) is 1.04. The van der Waals surface area contributed by atoms with Crippen LogP contribution in [-0.4, -0.2) is 12.6 Å². The Balaban J connectivity index is 2.18. The molecule has 17 heavy (non-hydrogen) atoms. The predicted molar refractivity (Wildman–Crippen MR) is 66.1 cm³/mol. The Morgan fingerprint density at radius 1 is 1.35 bits per heavy atom. The van der Waals surface area contributed by atoms with Crippen LogP contribution in [0.5, 0.6) is 11.5 Å². The number of benzene rings is 1. The summed E-state index contributed by atoms with van der Waals surface area (Å²) in [6.07, 6.45) is 3.94. The van der Waals surface area contributed by atoms with Crippen LogP contribution in [0.4, 0.5) is 0 Å². The van der Waals surface area contributed by atoms with E-state index in [1.165, 1.54) is 0 Å². The van der Waals surface area contributed by atoms with Crippen molar-refractivity contribution in [1.82, 2.24) is 0 Å². The van der Waals surface area contributed by atoms with E-state index < -0.39 is 5.41 Å². The second kappa shape index (κ2) is 4.24. The van der Waals surface area contributed by atoms with Crippen molar-refractivity contribution in [1.29, 1.82) is 0 Å². The third-order valence-electron chi connectivity index (χ3n) is 2.44. The number of carbonyl (C=O) groups excluding carboxylic acids is 1. The molecule has 1 aromatic carbocycles. The summed E-state index contributed by atoms with van der Waals surface area (Å²) >= 11 is 0. The minimum Gasteiger partial charge on any atom is -0.489 e. The summed E-state index contributed by atoms with van der Waals surface area (Å²) in [6.45, 7) is 6.04. The van der Waals surface area contributed by atoms with Crippen molar-refractivity contribution in [3.05, 3.63) is 29.8 Å². The van der Waals surface area contributed by atoms with Crippen molar-refractivity contribution in [2.45, 2.75) is 20.8 Å². The third-order valence-corrected chi connectivity index (χ3v) is 2.44. The van der Waals surface area contributed by atoms with E-state index in [-0.39, 0.29) is 5.97 Å². The van der Waals surface area contributed by atoms with Crippen molar-refractivity contribution in [2.24, 2.45) is 5.41 Å². The zero-order valence-electron chi connectivity index (χ0n) is 10.3. The van der Waals surface area contributed by atoms with Gasteiger partial charge in [0.05, 0.1) is 5.41 Å². The van der Waals surface area contributed by atoms with Gasteiger partial charge in [-0.1, -0.05) is 6.08 Å². The molecule has 1 aliphatic rings. The standard InChI is InChI=1S/C14H16O3/c1-14(2,3)13(15)17-11-7-6-10-5-4-8-16-12(10)9-11/h4-7,9H,8H2,1-3H3. The average Bonchev–Trinajstić information content (AvgIpc) is 2.27. The first-order valence-electron chi connectivity index (χ1n) is 5.62. The fourth-order valence-electron chi connectivity index (χ4n) is 1.41. The van der Waals surface area contributed by atoms with Gasteiger partial charge in [-0.2, -0.15) is 0 Å². The molecule has 0 saturated heterocycles. The monoisotopic (exact) mass is 232 g/mol. The van der Waals surface area contributed by atoms with Gasteiger partial charge in [-0.15, -0.1) is 0 Å². The van der Waals surface area contributed by atoms with Crippen LogP contribution in [0, 0.1) is 5.41 Å². The van der Waals surface area contributed by atoms with Crippen molar-refractivity contribution in [3.63, 3.8) is 0 Å². The topological polar surface area (TPSA) is 35.5 Å². The first-order chi connectivity index (χ1) is 7.97. The quantitative estimate of drug-likeness (QED) is 0.551. The maximum atomic E-state index is 11.7. The van der Waals surface area contributed by atoms with E-state index in [1.54, 1.807) is 12.1 Å². The lowest BCUT2D eigenvalue weighted by Gasteiger charge is -2.18. The molecule has 0 radical (unpaired) electrons. The van der Waals surface area contributed by atoms with Crippen LogP contribution in [0.15, 0.2) is 24.3 Å². The van der Waals surface area contributed by atoms with Gasteiger partial charge in [0, 0.05) is 11.6 Å². The summed E-state index contributed by atoms with van der Waals surface area (Å²) in [5, 5.41) is 0. The molecular formula is C14H16O3. The molecule has 90 valence electrons. The van der Waals surface area contributed by atoms with E-state index >= 15 is 0 Å². The predicted octanol–water partition coefficient (Wildman–Crippen LogP) is 3.04. The zero-order valence-corrected chi connectivity index (χ0v) is 10.3. The van der Waals surface area contributed by atoms with Gasteiger partial charge in [-0.3, -0.25) is 4.79 Å². The van der Waals surface area contributed by atoms with Crippen molar-refractivity contribution < 1.29 is 14.3 Å². The molecular weight excluding hydrogens is 216 g/mol. The SMILES string of the molecule is CC(C)(C)C(=O)Oc1ccc2c(c1)OCC=C2. The van der Waals surface area contributed by atoms with Crippen LogP contribution in [0.2, 0.25) is 0 Å². The molecule has 0 spiro atoms. The van der Waals surface area contributed by atoms with E-state index in [0.717, 1.165) is 11.3 Å². The Hall–Kier alpha value is -1.77. The van der Waals surface area contributed by atoms with Gasteiger partial charge in [0.1, 0.15) is 18.1 Å². The van der Waals surface area contributed by atoms with E-state index in [2.05, 4.69) is 0 Å². The molecule has 3 nitrogen and oxygen atoms in total. The Morgan fingerprint density at radius 2 is 2.12 bits per heavy atom. The highest BCUT2D eigenvalue weighted by atomic mass is 16.5. The number of hydrogen-bond donors (Lipinski definition) is 0. The highest BCUT2D eigenvalue weighted by Crippen LogP contribution is 2.29. The van der Waals surface area contributed by atoms with Gasteiger partial charge >= 0.3 is 5.97 Å². The minimum absolute atomic E-state index is 0.246. The average molecular weight is 232 g/mol. The summed E-state index contributed by atoms with van der Waals surface area (Å²) < 4.78 is 10.8. The van der Waals surface area contributed by atoms with E-state index in [1.807, 2.05) is 39.0 Å². The van der Waals surface area contributed by atoms with Gasteiger partial charge in [-0.25, -0.2) is 0 Å². The highest BCUT2D eigenvalue weighted by Gasteiger charge is 2.24. The van der Waals surface area contributed by atoms with Crippen LogP contribution in [0.3, 0.4) is 0 Å². The normalized spacial score (nSPS) is 13.8. The Labute approximate surface area is 101 Å². The van der Waals surface area contributed by atoms with Gasteiger partial charge < -0.3 is 9.47 Å². The minimum atomic E-state index is -0.503. The zero-order chi connectivity index (χ0) is 12.5. The number of esters is 1. The fraction of sp³-hybridized carbons (Fsp3) is 0.357. The van der Waals surface area contributed by atoms with Crippen molar-refractivity contribution >= 4 is 12.0 Å². The van der Waals surface area contributed by atoms with E-state index in [4.69, 9.17) is 9.47 Å². The van der Waals surface area contributed by atoms with E-state index in [9.17, 15) is 4.79 Å². The Bertz CT molecular complexity index is 467. The number of carbonyl (C=O) groups is 1. The molecule has 0 fully saturated rings. The largest absolute Gasteiger partial charge is 0.489 e. The molecule has 0 saturated carbocycles. The first kappa shape index (κ1) is 11.7. The summed E-state index contributed by atoms with van der Waals surface area (Å²) in [4.78, 5) is 11.7. The lowest BCUT2D eigenvalue weighted by Crippen LogP contribution is -2.25. The molecule has 0 aromatic heterocycles.